The normalized spacial score (nSPS) is 12.6. The van der Waals surface area contributed by atoms with Crippen LogP contribution in [0.1, 0.15) is 38.5 Å². The second kappa shape index (κ2) is 12.3. The summed E-state index contributed by atoms with van der Waals surface area (Å²) in [6, 6.07) is 1.78. The summed E-state index contributed by atoms with van der Waals surface area (Å²) >= 11 is 0. The van der Waals surface area contributed by atoms with Crippen LogP contribution in [0.5, 0.6) is 0 Å². The molecule has 8 heteroatoms. The van der Waals surface area contributed by atoms with Crippen molar-refractivity contribution in [3.63, 3.8) is 0 Å². The molecule has 0 aliphatic heterocycles. The minimum absolute atomic E-state index is 0.801. The quantitative estimate of drug-likeness (QED) is 0.273. The fraction of sp³-hybridized carbons (Fsp3) is 0.933. The van der Waals surface area contributed by atoms with Crippen molar-refractivity contribution >= 4 is 23.1 Å². The molecular formula is C15H35NO5Si2. The zero-order chi connectivity index (χ0) is 17.8. The molecule has 0 rings (SSSR count). The maximum absolute atomic E-state index is 8.05. The van der Waals surface area contributed by atoms with Gasteiger partial charge in [-0.2, -0.15) is 0 Å². The van der Waals surface area contributed by atoms with Crippen molar-refractivity contribution < 1.29 is 22.1 Å². The predicted molar refractivity (Wildman–Crippen MR) is 97.5 cm³/mol. The van der Waals surface area contributed by atoms with E-state index in [9.17, 15) is 0 Å². The SMILES string of the molecule is CO[Si](C)(CCCCC(=N)CCCC[Si](OC)(OC)OC)OC. The van der Waals surface area contributed by atoms with Gasteiger partial charge in [-0.25, -0.2) is 0 Å². The number of hydrogen-bond donors (Lipinski definition) is 1. The first-order valence-corrected chi connectivity index (χ1v) is 12.7. The maximum Gasteiger partial charge on any atom is 0.500 e. The Kier molecular flexibility index (Phi) is 12.2. The highest BCUT2D eigenvalue weighted by molar-refractivity contribution is 6.65. The van der Waals surface area contributed by atoms with Crippen LogP contribution in [-0.2, 0) is 22.1 Å². The average Bonchev–Trinajstić information content (AvgIpc) is 2.59. The summed E-state index contributed by atoms with van der Waals surface area (Å²) in [5, 5.41) is 8.05. The first kappa shape index (κ1) is 22.9. The topological polar surface area (TPSA) is 70.0 Å². The third-order valence-corrected chi connectivity index (χ3v) is 10.2. The van der Waals surface area contributed by atoms with Crippen molar-refractivity contribution in [2.24, 2.45) is 0 Å². The molecule has 0 radical (unpaired) electrons. The number of rotatable bonds is 15. The summed E-state index contributed by atoms with van der Waals surface area (Å²) in [5.41, 5.74) is 0.822. The van der Waals surface area contributed by atoms with Crippen LogP contribution in [0.4, 0.5) is 0 Å². The van der Waals surface area contributed by atoms with Crippen molar-refractivity contribution in [1.82, 2.24) is 0 Å². The lowest BCUT2D eigenvalue weighted by Gasteiger charge is -2.24. The lowest BCUT2D eigenvalue weighted by Crippen LogP contribution is -2.42. The maximum atomic E-state index is 8.05. The average molecular weight is 366 g/mol. The minimum Gasteiger partial charge on any atom is -0.398 e. The summed E-state index contributed by atoms with van der Waals surface area (Å²) in [5.74, 6) is 0. The predicted octanol–water partition coefficient (Wildman–Crippen LogP) is 3.59. The third-order valence-electron chi connectivity index (χ3n) is 4.37. The largest absolute Gasteiger partial charge is 0.500 e. The van der Waals surface area contributed by atoms with Gasteiger partial charge in [-0.1, -0.05) is 6.42 Å². The van der Waals surface area contributed by atoms with Crippen LogP contribution in [0.15, 0.2) is 0 Å². The van der Waals surface area contributed by atoms with E-state index in [1.165, 1.54) is 0 Å². The molecule has 6 nitrogen and oxygen atoms in total. The number of nitrogens with one attached hydrogen (secondary N) is 1. The minimum atomic E-state index is -2.44. The number of hydrogen-bond acceptors (Lipinski definition) is 6. The Hall–Kier alpha value is -0.0962. The number of unbranched alkanes of at least 4 members (excludes halogenated alkanes) is 2. The second-order valence-electron chi connectivity index (χ2n) is 5.86. The molecule has 0 aliphatic rings. The fourth-order valence-electron chi connectivity index (χ4n) is 2.43. The van der Waals surface area contributed by atoms with Crippen molar-refractivity contribution in [1.29, 1.82) is 5.41 Å². The molecule has 0 saturated carbocycles. The van der Waals surface area contributed by atoms with Crippen molar-refractivity contribution in [2.75, 3.05) is 35.5 Å². The van der Waals surface area contributed by atoms with Gasteiger partial charge in [-0.3, -0.25) is 0 Å². The van der Waals surface area contributed by atoms with Crippen LogP contribution in [0.25, 0.3) is 0 Å². The van der Waals surface area contributed by atoms with E-state index in [4.69, 9.17) is 27.5 Å². The summed E-state index contributed by atoms with van der Waals surface area (Å²) < 4.78 is 27.1. The molecular weight excluding hydrogens is 330 g/mol. The monoisotopic (exact) mass is 365 g/mol. The Morgan fingerprint density at radius 2 is 1.13 bits per heavy atom. The molecule has 0 atom stereocenters. The first-order valence-electron chi connectivity index (χ1n) is 8.23. The van der Waals surface area contributed by atoms with E-state index in [0.29, 0.717) is 0 Å². The Morgan fingerprint density at radius 3 is 1.52 bits per heavy atom. The molecule has 0 aromatic heterocycles. The van der Waals surface area contributed by atoms with Crippen molar-refractivity contribution in [3.05, 3.63) is 0 Å². The van der Waals surface area contributed by atoms with E-state index in [1.807, 2.05) is 0 Å². The summed E-state index contributed by atoms with van der Waals surface area (Å²) in [4.78, 5) is 0. The molecule has 0 amide bonds. The summed E-state index contributed by atoms with van der Waals surface area (Å²) in [7, 11) is 3.97. The Morgan fingerprint density at radius 1 is 0.696 bits per heavy atom. The van der Waals surface area contributed by atoms with Crippen LogP contribution < -0.4 is 0 Å². The first-order chi connectivity index (χ1) is 10.9. The second-order valence-corrected chi connectivity index (χ2v) is 12.5. The van der Waals surface area contributed by atoms with Gasteiger partial charge in [0.1, 0.15) is 0 Å². The molecule has 1 N–H and O–H groups in total. The van der Waals surface area contributed by atoms with Crippen molar-refractivity contribution in [3.8, 4) is 0 Å². The zero-order valence-electron chi connectivity index (χ0n) is 15.7. The van der Waals surface area contributed by atoms with Gasteiger partial charge in [-0.05, 0) is 44.7 Å². The van der Waals surface area contributed by atoms with Crippen LogP contribution in [0, 0.1) is 5.41 Å². The molecule has 0 heterocycles. The molecule has 0 unspecified atom stereocenters. The highest BCUT2D eigenvalue weighted by Gasteiger charge is 2.36. The molecule has 0 saturated heterocycles. The van der Waals surface area contributed by atoms with Crippen LogP contribution in [-0.4, -0.2) is 58.6 Å². The molecule has 138 valence electrons. The summed E-state index contributed by atoms with van der Waals surface area (Å²) in [6.07, 6.45) is 5.72. The van der Waals surface area contributed by atoms with E-state index in [-0.39, 0.29) is 0 Å². The lowest BCUT2D eigenvalue weighted by atomic mass is 10.1. The lowest BCUT2D eigenvalue weighted by molar-refractivity contribution is 0.123. The Bertz CT molecular complexity index is 315. The van der Waals surface area contributed by atoms with E-state index >= 15 is 0 Å². The molecule has 0 aromatic rings. The van der Waals surface area contributed by atoms with Gasteiger partial charge in [0.2, 0.25) is 0 Å². The molecule has 0 aliphatic carbocycles. The van der Waals surface area contributed by atoms with Crippen LogP contribution in [0.2, 0.25) is 18.6 Å². The van der Waals surface area contributed by atoms with Gasteiger partial charge in [-0.15, -0.1) is 0 Å². The molecule has 0 fully saturated rings. The molecule has 0 bridgehead atoms. The van der Waals surface area contributed by atoms with E-state index in [0.717, 1.165) is 56.3 Å². The van der Waals surface area contributed by atoms with Gasteiger partial charge >= 0.3 is 17.4 Å². The highest BCUT2D eigenvalue weighted by atomic mass is 28.4. The van der Waals surface area contributed by atoms with E-state index < -0.39 is 17.4 Å². The third kappa shape index (κ3) is 9.09. The van der Waals surface area contributed by atoms with E-state index in [2.05, 4.69) is 6.55 Å². The van der Waals surface area contributed by atoms with Gasteiger partial charge in [0.15, 0.2) is 0 Å². The van der Waals surface area contributed by atoms with Gasteiger partial charge in [0, 0.05) is 47.3 Å². The fourth-order valence-corrected chi connectivity index (χ4v) is 5.70. The molecule has 23 heavy (non-hydrogen) atoms. The zero-order valence-corrected chi connectivity index (χ0v) is 17.7. The van der Waals surface area contributed by atoms with Gasteiger partial charge in [0.25, 0.3) is 0 Å². The van der Waals surface area contributed by atoms with E-state index in [1.54, 1.807) is 35.5 Å². The van der Waals surface area contributed by atoms with Gasteiger partial charge in [0.05, 0.1) is 0 Å². The highest BCUT2D eigenvalue weighted by Crippen LogP contribution is 2.19. The Balaban J connectivity index is 3.80. The van der Waals surface area contributed by atoms with Crippen LogP contribution >= 0.6 is 0 Å². The Labute approximate surface area is 143 Å². The molecule has 0 aromatic carbocycles. The van der Waals surface area contributed by atoms with Crippen LogP contribution in [0.3, 0.4) is 0 Å². The summed E-state index contributed by atoms with van der Waals surface area (Å²) in [6.45, 7) is 2.08. The standard InChI is InChI=1S/C15H35NO5Si2/c1-17-22(6,18-2)13-9-7-11-15(16)12-8-10-14-23(19-3,20-4)21-5/h16H,7-14H2,1-6H3. The van der Waals surface area contributed by atoms with Gasteiger partial charge < -0.3 is 27.5 Å². The smallest absolute Gasteiger partial charge is 0.398 e. The molecule has 0 spiro atoms. The van der Waals surface area contributed by atoms with Crippen molar-refractivity contribution in [2.45, 2.75) is 57.2 Å².